The van der Waals surface area contributed by atoms with E-state index in [1.165, 1.54) is 13.0 Å². The smallest absolute Gasteiger partial charge is 0.349 e. The zero-order valence-corrected chi connectivity index (χ0v) is 17.2. The van der Waals surface area contributed by atoms with E-state index >= 15 is 0 Å². The van der Waals surface area contributed by atoms with Crippen LogP contribution in [-0.4, -0.2) is 18.0 Å². The van der Waals surface area contributed by atoms with E-state index in [9.17, 15) is 14.9 Å². The average Bonchev–Trinajstić information content (AvgIpc) is 2.72. The van der Waals surface area contributed by atoms with Gasteiger partial charge in [-0.3, -0.25) is 4.79 Å². The number of hydrogen-bond donors (Lipinski definition) is 1. The molecule has 0 aliphatic rings. The van der Waals surface area contributed by atoms with Crippen LogP contribution in [0, 0.1) is 18.3 Å². The molecule has 0 bridgehead atoms. The van der Waals surface area contributed by atoms with E-state index in [2.05, 4.69) is 19.2 Å². The molecule has 0 aromatic heterocycles. The van der Waals surface area contributed by atoms with Crippen LogP contribution in [0.4, 0.5) is 5.69 Å². The van der Waals surface area contributed by atoms with Gasteiger partial charge in [0.25, 0.3) is 5.91 Å². The topological polar surface area (TPSA) is 79.2 Å². The number of hydrogen-bond acceptors (Lipinski definition) is 4. The highest BCUT2D eigenvalue weighted by Crippen LogP contribution is 2.26. The highest BCUT2D eigenvalue weighted by atomic mass is 16.5. The summed E-state index contributed by atoms with van der Waals surface area (Å²) >= 11 is 0. The van der Waals surface area contributed by atoms with E-state index in [0.29, 0.717) is 11.3 Å². The number of nitriles is 1. The van der Waals surface area contributed by atoms with Crippen LogP contribution < -0.4 is 5.32 Å². The molecule has 2 aromatic rings. The van der Waals surface area contributed by atoms with Crippen molar-refractivity contribution >= 4 is 23.6 Å². The van der Waals surface area contributed by atoms with Crippen LogP contribution in [0.15, 0.2) is 54.1 Å². The Morgan fingerprint density at radius 1 is 1.14 bits per heavy atom. The number of amides is 1. The SMILES string of the molecule is CC[C@@H](C)c1ccccc1NC(=O)[C@@H](C)OC(=O)/C(C#N)=C/c1ccc(C)cc1. The number of esters is 1. The molecular weight excluding hydrogens is 364 g/mol. The lowest BCUT2D eigenvalue weighted by molar-refractivity contribution is -0.148. The van der Waals surface area contributed by atoms with Crippen molar-refractivity contribution in [1.29, 1.82) is 5.26 Å². The molecule has 0 heterocycles. The first-order valence-corrected chi connectivity index (χ1v) is 9.65. The molecule has 0 saturated carbocycles. The van der Waals surface area contributed by atoms with Gasteiger partial charge in [0.15, 0.2) is 6.10 Å². The van der Waals surface area contributed by atoms with Crippen LogP contribution in [0.25, 0.3) is 6.08 Å². The summed E-state index contributed by atoms with van der Waals surface area (Å²) in [4.78, 5) is 24.9. The molecule has 150 valence electrons. The zero-order valence-electron chi connectivity index (χ0n) is 17.2. The number of aryl methyl sites for hydroxylation is 1. The lowest BCUT2D eigenvalue weighted by Gasteiger charge is -2.18. The predicted molar refractivity (Wildman–Crippen MR) is 114 cm³/mol. The van der Waals surface area contributed by atoms with Crippen molar-refractivity contribution in [1.82, 2.24) is 0 Å². The van der Waals surface area contributed by atoms with Crippen LogP contribution >= 0.6 is 0 Å². The number of carbonyl (C=O) groups is 2. The number of carbonyl (C=O) groups excluding carboxylic acids is 2. The molecule has 0 aliphatic carbocycles. The van der Waals surface area contributed by atoms with Crippen LogP contribution in [0.5, 0.6) is 0 Å². The van der Waals surface area contributed by atoms with Gasteiger partial charge in [-0.2, -0.15) is 5.26 Å². The fraction of sp³-hybridized carbons (Fsp3) is 0.292. The Bertz CT molecular complexity index is 939. The molecule has 2 atom stereocenters. The lowest BCUT2D eigenvalue weighted by Crippen LogP contribution is -2.30. The Balaban J connectivity index is 2.08. The second-order valence-electron chi connectivity index (χ2n) is 7.01. The van der Waals surface area contributed by atoms with Gasteiger partial charge in [0.1, 0.15) is 11.6 Å². The lowest BCUT2D eigenvalue weighted by atomic mass is 9.97. The van der Waals surface area contributed by atoms with Gasteiger partial charge >= 0.3 is 5.97 Å². The van der Waals surface area contributed by atoms with Gasteiger partial charge in [-0.15, -0.1) is 0 Å². The molecule has 0 fully saturated rings. The van der Waals surface area contributed by atoms with Gasteiger partial charge in [-0.1, -0.05) is 61.9 Å². The number of ether oxygens (including phenoxy) is 1. The summed E-state index contributed by atoms with van der Waals surface area (Å²) in [5.74, 6) is -0.986. The third kappa shape index (κ3) is 6.05. The number of benzene rings is 2. The van der Waals surface area contributed by atoms with E-state index < -0.39 is 18.0 Å². The molecule has 0 spiro atoms. The van der Waals surface area contributed by atoms with Gasteiger partial charge in [0, 0.05) is 5.69 Å². The summed E-state index contributed by atoms with van der Waals surface area (Å²) < 4.78 is 5.22. The number of rotatable bonds is 7. The first kappa shape index (κ1) is 21.9. The number of nitrogens with zero attached hydrogens (tertiary/aromatic N) is 1. The van der Waals surface area contributed by atoms with Crippen LogP contribution in [0.2, 0.25) is 0 Å². The highest BCUT2D eigenvalue weighted by Gasteiger charge is 2.22. The fourth-order valence-corrected chi connectivity index (χ4v) is 2.74. The summed E-state index contributed by atoms with van der Waals surface area (Å²) in [5, 5.41) is 12.1. The first-order valence-electron chi connectivity index (χ1n) is 9.65. The summed E-state index contributed by atoms with van der Waals surface area (Å²) in [6.07, 6.45) is 1.35. The Morgan fingerprint density at radius 3 is 2.41 bits per heavy atom. The molecule has 5 nitrogen and oxygen atoms in total. The minimum Gasteiger partial charge on any atom is -0.448 e. The van der Waals surface area contributed by atoms with Crippen LogP contribution in [0.3, 0.4) is 0 Å². The molecule has 2 rings (SSSR count). The number of para-hydroxylation sites is 1. The summed E-state index contributed by atoms with van der Waals surface area (Å²) in [5.41, 5.74) is 3.35. The quantitative estimate of drug-likeness (QED) is 0.410. The number of nitrogens with one attached hydrogen (secondary N) is 1. The van der Waals surface area contributed by atoms with Crippen molar-refractivity contribution in [2.24, 2.45) is 0 Å². The fourth-order valence-electron chi connectivity index (χ4n) is 2.74. The van der Waals surface area contributed by atoms with Crippen molar-refractivity contribution in [3.05, 3.63) is 70.8 Å². The maximum atomic E-state index is 12.5. The minimum atomic E-state index is -1.04. The van der Waals surface area contributed by atoms with Crippen LogP contribution in [-0.2, 0) is 14.3 Å². The molecule has 0 saturated heterocycles. The maximum Gasteiger partial charge on any atom is 0.349 e. The van der Waals surface area contributed by atoms with Crippen molar-refractivity contribution in [2.45, 2.75) is 46.1 Å². The van der Waals surface area contributed by atoms with Crippen molar-refractivity contribution in [3.63, 3.8) is 0 Å². The predicted octanol–water partition coefficient (Wildman–Crippen LogP) is 4.99. The first-order chi connectivity index (χ1) is 13.8. The molecule has 5 heteroatoms. The molecule has 1 amide bonds. The van der Waals surface area contributed by atoms with E-state index in [1.54, 1.807) is 0 Å². The molecule has 1 N–H and O–H groups in total. The van der Waals surface area contributed by atoms with E-state index in [4.69, 9.17) is 4.74 Å². The minimum absolute atomic E-state index is 0.159. The maximum absolute atomic E-state index is 12.5. The largest absolute Gasteiger partial charge is 0.448 e. The molecular formula is C24H26N2O3. The second kappa shape index (κ2) is 10.2. The standard InChI is InChI=1S/C24H26N2O3/c1-5-17(3)21-8-6-7-9-22(21)26-23(27)18(4)29-24(28)20(15-25)14-19-12-10-16(2)11-13-19/h6-14,17-18H,5H2,1-4H3,(H,26,27)/b20-14+/t17-,18-/m1/s1. The molecule has 0 radical (unpaired) electrons. The van der Waals surface area contributed by atoms with E-state index in [-0.39, 0.29) is 11.5 Å². The Labute approximate surface area is 172 Å². The highest BCUT2D eigenvalue weighted by molar-refractivity contribution is 6.01. The molecule has 29 heavy (non-hydrogen) atoms. The third-order valence-electron chi connectivity index (χ3n) is 4.74. The number of anilines is 1. The second-order valence-corrected chi connectivity index (χ2v) is 7.01. The summed E-state index contributed by atoms with van der Waals surface area (Å²) in [6.45, 7) is 7.60. The van der Waals surface area contributed by atoms with Gasteiger partial charge < -0.3 is 10.1 Å². The van der Waals surface area contributed by atoms with Crippen molar-refractivity contribution in [3.8, 4) is 6.07 Å². The van der Waals surface area contributed by atoms with Crippen molar-refractivity contribution in [2.75, 3.05) is 5.32 Å². The normalized spacial score (nSPS) is 13.1. The van der Waals surface area contributed by atoms with E-state index in [0.717, 1.165) is 17.5 Å². The van der Waals surface area contributed by atoms with Crippen molar-refractivity contribution < 1.29 is 14.3 Å². The zero-order chi connectivity index (χ0) is 21.4. The van der Waals surface area contributed by atoms with Crippen LogP contribution in [0.1, 0.15) is 49.8 Å². The Hall–Kier alpha value is -3.39. The monoisotopic (exact) mass is 390 g/mol. The average molecular weight is 390 g/mol. The summed E-state index contributed by atoms with van der Waals surface area (Å²) in [6, 6.07) is 16.8. The molecule has 2 aromatic carbocycles. The molecule has 0 aliphatic heterocycles. The van der Waals surface area contributed by atoms with Gasteiger partial charge in [-0.05, 0) is 49.5 Å². The molecule has 0 unspecified atom stereocenters. The Morgan fingerprint density at radius 2 is 1.79 bits per heavy atom. The summed E-state index contributed by atoms with van der Waals surface area (Å²) in [7, 11) is 0. The van der Waals surface area contributed by atoms with Gasteiger partial charge in [-0.25, -0.2) is 4.79 Å². The van der Waals surface area contributed by atoms with E-state index in [1.807, 2.05) is 61.5 Å². The van der Waals surface area contributed by atoms with Gasteiger partial charge in [0.05, 0.1) is 0 Å². The Kier molecular flexibility index (Phi) is 7.73. The third-order valence-corrected chi connectivity index (χ3v) is 4.74. The van der Waals surface area contributed by atoms with Gasteiger partial charge in [0.2, 0.25) is 0 Å².